The molecule has 0 atom stereocenters. The summed E-state index contributed by atoms with van der Waals surface area (Å²) in [4.78, 5) is 16.6. The normalized spacial score (nSPS) is 15.8. The van der Waals surface area contributed by atoms with Gasteiger partial charge in [0.1, 0.15) is 17.4 Å². The van der Waals surface area contributed by atoms with Gasteiger partial charge in [-0.2, -0.15) is 5.26 Å². The quantitative estimate of drug-likeness (QED) is 0.622. The third-order valence-electron chi connectivity index (χ3n) is 4.40. The van der Waals surface area contributed by atoms with Crippen LogP contribution in [0.3, 0.4) is 0 Å². The highest BCUT2D eigenvalue weighted by Crippen LogP contribution is 2.12. The second-order valence-electron chi connectivity index (χ2n) is 6.05. The molecule has 3 rings (SSSR count). The van der Waals surface area contributed by atoms with Crippen LogP contribution < -0.4 is 0 Å². The van der Waals surface area contributed by atoms with Crippen molar-refractivity contribution in [2.75, 3.05) is 32.7 Å². The van der Waals surface area contributed by atoms with Crippen molar-refractivity contribution in [2.24, 2.45) is 0 Å². The Balaban J connectivity index is 1.51. The first-order chi connectivity index (χ1) is 12.3. The Bertz CT molecular complexity index is 752. The van der Waals surface area contributed by atoms with Crippen LogP contribution in [0, 0.1) is 11.3 Å². The van der Waals surface area contributed by atoms with Crippen molar-refractivity contribution in [1.29, 1.82) is 5.26 Å². The molecule has 25 heavy (non-hydrogen) atoms. The van der Waals surface area contributed by atoms with E-state index in [4.69, 9.17) is 4.42 Å². The molecule has 1 aliphatic rings. The number of furan rings is 1. The summed E-state index contributed by atoms with van der Waals surface area (Å²) in [6, 6.07) is 15.9. The number of nitrogens with zero attached hydrogens (tertiary/aromatic N) is 3. The van der Waals surface area contributed by atoms with E-state index in [-0.39, 0.29) is 11.5 Å². The van der Waals surface area contributed by atoms with Gasteiger partial charge in [-0.25, -0.2) is 0 Å². The van der Waals surface area contributed by atoms with Crippen LogP contribution in [0.15, 0.2) is 58.7 Å². The zero-order valence-electron chi connectivity index (χ0n) is 14.1. The predicted molar refractivity (Wildman–Crippen MR) is 95.5 cm³/mol. The van der Waals surface area contributed by atoms with E-state index in [1.54, 1.807) is 17.0 Å². The van der Waals surface area contributed by atoms with Gasteiger partial charge in [-0.3, -0.25) is 9.69 Å². The average Bonchev–Trinajstić information content (AvgIpc) is 3.18. The fraction of sp³-hybridized carbons (Fsp3) is 0.300. The van der Waals surface area contributed by atoms with Gasteiger partial charge in [0.15, 0.2) is 0 Å². The first-order valence-electron chi connectivity index (χ1n) is 8.47. The van der Waals surface area contributed by atoms with Crippen molar-refractivity contribution in [2.45, 2.75) is 6.42 Å². The molecule has 0 unspecified atom stereocenters. The first-order valence-corrected chi connectivity index (χ1v) is 8.47. The van der Waals surface area contributed by atoms with Crippen molar-refractivity contribution in [1.82, 2.24) is 9.80 Å². The van der Waals surface area contributed by atoms with E-state index in [9.17, 15) is 10.1 Å². The topological polar surface area (TPSA) is 60.5 Å². The lowest BCUT2D eigenvalue weighted by atomic mass is 10.1. The number of carbonyl (C=O) groups is 1. The zero-order valence-corrected chi connectivity index (χ0v) is 14.1. The molecule has 2 aromatic rings. The summed E-state index contributed by atoms with van der Waals surface area (Å²) < 4.78 is 5.19. The van der Waals surface area contributed by atoms with Crippen LogP contribution in [0.1, 0.15) is 11.3 Å². The Kier molecular flexibility index (Phi) is 5.65. The second-order valence-corrected chi connectivity index (χ2v) is 6.05. The number of amides is 1. The molecule has 5 nitrogen and oxygen atoms in total. The molecular formula is C20H21N3O2. The summed E-state index contributed by atoms with van der Waals surface area (Å²) in [5, 5.41) is 9.27. The molecule has 5 heteroatoms. The Morgan fingerprint density at radius 2 is 1.88 bits per heavy atom. The SMILES string of the molecule is N#C/C(=C\c1ccco1)C(=O)N1CCN(CCc2ccccc2)CC1. The molecule has 1 aliphatic heterocycles. The summed E-state index contributed by atoms with van der Waals surface area (Å²) in [6.07, 6.45) is 4.04. The van der Waals surface area contributed by atoms with Crippen molar-refractivity contribution >= 4 is 12.0 Å². The molecule has 0 bridgehead atoms. The molecule has 128 valence electrons. The maximum Gasteiger partial charge on any atom is 0.264 e. The summed E-state index contributed by atoms with van der Waals surface area (Å²) in [5.41, 5.74) is 1.45. The van der Waals surface area contributed by atoms with Gasteiger partial charge < -0.3 is 9.32 Å². The van der Waals surface area contributed by atoms with E-state index in [0.717, 1.165) is 26.1 Å². The molecule has 0 radical (unpaired) electrons. The summed E-state index contributed by atoms with van der Waals surface area (Å²) >= 11 is 0. The largest absolute Gasteiger partial charge is 0.465 e. The number of benzene rings is 1. The molecule has 0 spiro atoms. The Morgan fingerprint density at radius 3 is 2.52 bits per heavy atom. The highest BCUT2D eigenvalue weighted by atomic mass is 16.3. The third kappa shape index (κ3) is 4.59. The van der Waals surface area contributed by atoms with E-state index >= 15 is 0 Å². The van der Waals surface area contributed by atoms with Crippen molar-refractivity contribution in [3.63, 3.8) is 0 Å². The van der Waals surface area contributed by atoms with E-state index in [1.807, 2.05) is 12.1 Å². The molecule has 0 N–H and O–H groups in total. The third-order valence-corrected chi connectivity index (χ3v) is 4.40. The average molecular weight is 335 g/mol. The number of piperazine rings is 1. The van der Waals surface area contributed by atoms with Crippen LogP contribution in [-0.4, -0.2) is 48.4 Å². The smallest absolute Gasteiger partial charge is 0.264 e. The monoisotopic (exact) mass is 335 g/mol. The fourth-order valence-electron chi connectivity index (χ4n) is 2.93. The molecule has 0 aliphatic carbocycles. The minimum absolute atomic E-state index is 0.118. The molecular weight excluding hydrogens is 314 g/mol. The lowest BCUT2D eigenvalue weighted by Crippen LogP contribution is -2.49. The molecule has 1 fully saturated rings. The van der Waals surface area contributed by atoms with Gasteiger partial charge in [-0.15, -0.1) is 0 Å². The van der Waals surface area contributed by atoms with E-state index in [2.05, 4.69) is 29.2 Å². The Hall–Kier alpha value is -2.84. The van der Waals surface area contributed by atoms with E-state index in [1.165, 1.54) is 17.9 Å². The van der Waals surface area contributed by atoms with Gasteiger partial charge in [0.2, 0.25) is 0 Å². The van der Waals surface area contributed by atoms with E-state index in [0.29, 0.717) is 18.8 Å². The number of nitriles is 1. The lowest BCUT2D eigenvalue weighted by Gasteiger charge is -2.34. The summed E-state index contributed by atoms with van der Waals surface area (Å²) in [7, 11) is 0. The highest BCUT2D eigenvalue weighted by molar-refractivity contribution is 6.01. The fourth-order valence-corrected chi connectivity index (χ4v) is 2.93. The standard InChI is InChI=1S/C20H21N3O2/c21-16-18(15-19-7-4-14-25-19)20(24)23-12-10-22(11-13-23)9-8-17-5-2-1-3-6-17/h1-7,14-15H,8-13H2/b18-15+. The summed E-state index contributed by atoms with van der Waals surface area (Å²) in [5.74, 6) is 0.299. The van der Waals surface area contributed by atoms with Crippen molar-refractivity contribution in [3.05, 3.63) is 65.6 Å². The van der Waals surface area contributed by atoms with E-state index < -0.39 is 0 Å². The maximum absolute atomic E-state index is 12.5. The van der Waals surface area contributed by atoms with Crippen LogP contribution in [0.25, 0.3) is 6.08 Å². The first kappa shape index (κ1) is 17.0. The zero-order chi connectivity index (χ0) is 17.5. The van der Waals surface area contributed by atoms with Crippen LogP contribution in [0.2, 0.25) is 0 Å². The van der Waals surface area contributed by atoms with Crippen LogP contribution in [0.4, 0.5) is 0 Å². The second kappa shape index (κ2) is 8.32. The van der Waals surface area contributed by atoms with Gasteiger partial charge in [0.25, 0.3) is 5.91 Å². The predicted octanol–water partition coefficient (Wildman–Crippen LogP) is 2.57. The van der Waals surface area contributed by atoms with Crippen LogP contribution in [-0.2, 0) is 11.2 Å². The van der Waals surface area contributed by atoms with Crippen LogP contribution >= 0.6 is 0 Å². The van der Waals surface area contributed by atoms with Crippen molar-refractivity contribution < 1.29 is 9.21 Å². The summed E-state index contributed by atoms with van der Waals surface area (Å²) in [6.45, 7) is 3.94. The van der Waals surface area contributed by atoms with Crippen LogP contribution in [0.5, 0.6) is 0 Å². The van der Waals surface area contributed by atoms with Gasteiger partial charge >= 0.3 is 0 Å². The minimum atomic E-state index is -0.221. The van der Waals surface area contributed by atoms with Gasteiger partial charge in [0, 0.05) is 38.8 Å². The molecule has 1 aromatic carbocycles. The molecule has 0 saturated carbocycles. The lowest BCUT2D eigenvalue weighted by molar-refractivity contribution is -0.128. The number of hydrogen-bond acceptors (Lipinski definition) is 4. The maximum atomic E-state index is 12.5. The molecule has 1 amide bonds. The number of rotatable bonds is 5. The number of carbonyl (C=O) groups excluding carboxylic acids is 1. The van der Waals surface area contributed by atoms with Gasteiger partial charge in [0.05, 0.1) is 6.26 Å². The molecule has 1 aromatic heterocycles. The Labute approximate surface area is 147 Å². The molecule has 1 saturated heterocycles. The van der Waals surface area contributed by atoms with Crippen molar-refractivity contribution in [3.8, 4) is 6.07 Å². The highest BCUT2D eigenvalue weighted by Gasteiger charge is 2.23. The minimum Gasteiger partial charge on any atom is -0.465 e. The van der Waals surface area contributed by atoms with Gasteiger partial charge in [-0.05, 0) is 24.1 Å². The number of hydrogen-bond donors (Lipinski definition) is 0. The molecule has 2 heterocycles. The van der Waals surface area contributed by atoms with Gasteiger partial charge in [-0.1, -0.05) is 30.3 Å². The Morgan fingerprint density at radius 1 is 1.12 bits per heavy atom.